The van der Waals surface area contributed by atoms with Crippen molar-refractivity contribution < 1.29 is 39.7 Å². The molecule has 0 amide bonds. The van der Waals surface area contributed by atoms with Gasteiger partial charge in [-0.25, -0.2) is 4.79 Å². The lowest BCUT2D eigenvalue weighted by molar-refractivity contribution is -0.137. The third-order valence-corrected chi connectivity index (χ3v) is 10.9. The zero-order valence-electron chi connectivity index (χ0n) is 19.3. The number of carbonyl (C=O) groups is 1. The molecule has 0 unspecified atom stereocenters. The lowest BCUT2D eigenvalue weighted by atomic mass is 10.2. The minimum atomic E-state index is -6.03. The van der Waals surface area contributed by atoms with Crippen molar-refractivity contribution in [1.82, 2.24) is 0 Å². The molecule has 0 aliphatic rings. The van der Waals surface area contributed by atoms with E-state index in [1.807, 2.05) is 81.4 Å². The molecule has 2 rings (SSSR count). The molecule has 0 aliphatic heterocycles. The molecular weight excluding hydrogens is 489 g/mol. The van der Waals surface area contributed by atoms with Gasteiger partial charge in [-0.2, -0.15) is 21.6 Å². The largest absolute Gasteiger partial charge is 0.534 e. The van der Waals surface area contributed by atoms with Crippen LogP contribution in [0.5, 0.6) is 0 Å². The minimum absolute atomic E-state index is 0.0653. The number of hydrogen-bond donors (Lipinski definition) is 0. The van der Waals surface area contributed by atoms with Crippen LogP contribution in [0.3, 0.4) is 0 Å². The van der Waals surface area contributed by atoms with Crippen molar-refractivity contribution in [1.29, 1.82) is 0 Å². The summed E-state index contributed by atoms with van der Waals surface area (Å²) < 4.78 is 77.7. The Balaban J connectivity index is 2.61. The summed E-state index contributed by atoms with van der Waals surface area (Å²) in [6, 6.07) is 18.3. The van der Waals surface area contributed by atoms with Gasteiger partial charge in [0.1, 0.15) is 0 Å². The van der Waals surface area contributed by atoms with Gasteiger partial charge in [-0.1, -0.05) is 81.4 Å². The maximum Gasteiger partial charge on any atom is 0.534 e. The number of ether oxygens (including phenoxy) is 1. The Hall–Kier alpha value is -2.63. The fourth-order valence-electron chi connectivity index (χ4n) is 3.53. The second kappa shape index (κ2) is 10.7. The van der Waals surface area contributed by atoms with E-state index < -0.39 is 47.3 Å². The highest BCUT2D eigenvalue weighted by atomic mass is 32.2. The Kier molecular flexibility index (Phi) is 8.73. The molecule has 11 heteroatoms. The smallest absolute Gasteiger partial charge is 0.463 e. The highest BCUT2D eigenvalue weighted by molar-refractivity contribution is 7.87. The van der Waals surface area contributed by atoms with Crippen molar-refractivity contribution in [2.45, 2.75) is 38.2 Å². The third kappa shape index (κ3) is 6.27. The molecule has 2 aromatic rings. The summed E-state index contributed by atoms with van der Waals surface area (Å²) >= 11 is 0. The van der Waals surface area contributed by atoms with Crippen molar-refractivity contribution in [3.05, 3.63) is 72.5 Å². The zero-order chi connectivity index (χ0) is 25.6. The monoisotopic (exact) mass is 516 g/mol. The van der Waals surface area contributed by atoms with Crippen molar-refractivity contribution in [2.75, 3.05) is 13.2 Å². The second-order valence-corrected chi connectivity index (χ2v) is 14.1. The quantitative estimate of drug-likeness (QED) is 0.126. The number of carbonyl (C=O) groups excluding carboxylic acids is 1. The first-order valence-electron chi connectivity index (χ1n) is 10.4. The van der Waals surface area contributed by atoms with E-state index in [1.165, 1.54) is 6.92 Å². The Morgan fingerprint density at radius 1 is 0.941 bits per heavy atom. The fraction of sp³-hybridized carbons (Fsp3) is 0.348. The van der Waals surface area contributed by atoms with Crippen LogP contribution in [0.4, 0.5) is 13.2 Å². The molecule has 0 spiro atoms. The molecule has 0 radical (unpaired) electrons. The molecule has 0 fully saturated rings. The number of hydrogen-bond acceptors (Lipinski definition) is 6. The predicted octanol–water partition coefficient (Wildman–Crippen LogP) is 3.88. The van der Waals surface area contributed by atoms with Crippen LogP contribution >= 0.6 is 0 Å². The molecule has 0 N–H and O–H groups in total. The van der Waals surface area contributed by atoms with Crippen molar-refractivity contribution >= 4 is 34.8 Å². The van der Waals surface area contributed by atoms with E-state index in [0.29, 0.717) is 6.08 Å². The molecule has 186 valence electrons. The summed E-state index contributed by atoms with van der Waals surface area (Å²) in [5.74, 6) is -1.88. The van der Waals surface area contributed by atoms with Crippen LogP contribution in [0.2, 0.25) is 5.04 Å². The van der Waals surface area contributed by atoms with Crippen molar-refractivity contribution in [3.63, 3.8) is 0 Å². The van der Waals surface area contributed by atoms with Gasteiger partial charge in [-0.05, 0) is 22.3 Å². The molecule has 0 saturated heterocycles. The summed E-state index contributed by atoms with van der Waals surface area (Å²) in [5.41, 5.74) is -5.68. The zero-order valence-corrected chi connectivity index (χ0v) is 21.1. The van der Waals surface area contributed by atoms with Crippen LogP contribution in [-0.4, -0.2) is 41.4 Å². The van der Waals surface area contributed by atoms with Crippen LogP contribution in [0.1, 0.15) is 27.7 Å². The van der Waals surface area contributed by atoms with Crippen LogP contribution in [-0.2, 0) is 28.3 Å². The maximum absolute atomic E-state index is 13.0. The number of alkyl halides is 3. The van der Waals surface area contributed by atoms with E-state index in [-0.39, 0.29) is 6.61 Å². The molecular formula is C23H27F3O6SSi. The third-order valence-electron chi connectivity index (χ3n) is 4.91. The van der Waals surface area contributed by atoms with E-state index >= 15 is 0 Å². The van der Waals surface area contributed by atoms with Gasteiger partial charge in [0.25, 0.3) is 8.32 Å². The van der Waals surface area contributed by atoms with E-state index in [1.54, 1.807) is 0 Å². The molecule has 0 aliphatic carbocycles. The molecule has 0 aromatic heterocycles. The van der Waals surface area contributed by atoms with Gasteiger partial charge in [0, 0.05) is 0 Å². The van der Waals surface area contributed by atoms with Crippen molar-refractivity contribution in [2.24, 2.45) is 0 Å². The SMILES string of the molecule is CCOC(=O)/C=C(/CO[Si](c1ccccc1)(c1ccccc1)C(C)(C)C)OS(=O)(=O)C(F)(F)F. The Bertz CT molecular complexity index is 1060. The first-order chi connectivity index (χ1) is 15.7. The highest BCUT2D eigenvalue weighted by Gasteiger charge is 2.52. The van der Waals surface area contributed by atoms with Gasteiger partial charge in [0.05, 0.1) is 19.3 Å². The van der Waals surface area contributed by atoms with Gasteiger partial charge in [0.2, 0.25) is 0 Å². The van der Waals surface area contributed by atoms with E-state index in [9.17, 15) is 26.4 Å². The van der Waals surface area contributed by atoms with Crippen LogP contribution in [0.15, 0.2) is 72.5 Å². The number of benzene rings is 2. The van der Waals surface area contributed by atoms with Gasteiger partial charge in [-0.15, -0.1) is 0 Å². The standard InChI is InChI=1S/C23H27F3O6SSi/c1-5-30-21(27)16-18(32-33(28,29)23(24,25)26)17-31-34(22(2,3)4,19-12-8-6-9-13-19)20-14-10-7-11-15-20/h6-16H,5,17H2,1-4H3/b18-16-. The van der Waals surface area contributed by atoms with E-state index in [0.717, 1.165) is 10.4 Å². The van der Waals surface area contributed by atoms with Crippen LogP contribution in [0.25, 0.3) is 0 Å². The van der Waals surface area contributed by atoms with E-state index in [2.05, 4.69) is 4.18 Å². The molecule has 0 heterocycles. The Labute approximate surface area is 198 Å². The lowest BCUT2D eigenvalue weighted by Gasteiger charge is -2.43. The van der Waals surface area contributed by atoms with Crippen LogP contribution in [0, 0.1) is 0 Å². The Morgan fingerprint density at radius 2 is 1.41 bits per heavy atom. The average Bonchev–Trinajstić information content (AvgIpc) is 2.73. The van der Waals surface area contributed by atoms with Gasteiger partial charge >= 0.3 is 21.6 Å². The summed E-state index contributed by atoms with van der Waals surface area (Å²) in [6.45, 7) is 6.52. The molecule has 0 atom stereocenters. The predicted molar refractivity (Wildman–Crippen MR) is 124 cm³/mol. The molecule has 0 saturated carbocycles. The highest BCUT2D eigenvalue weighted by Crippen LogP contribution is 2.37. The summed E-state index contributed by atoms with van der Waals surface area (Å²) in [7, 11) is -9.28. The van der Waals surface area contributed by atoms with E-state index in [4.69, 9.17) is 9.16 Å². The Morgan fingerprint density at radius 3 is 1.79 bits per heavy atom. The molecule has 6 nitrogen and oxygen atoms in total. The molecule has 0 bridgehead atoms. The first-order valence-corrected chi connectivity index (χ1v) is 13.7. The average molecular weight is 517 g/mol. The summed E-state index contributed by atoms with van der Waals surface area (Å²) in [5, 5.41) is 1.07. The number of esters is 1. The number of halogens is 3. The maximum atomic E-state index is 13.0. The number of rotatable bonds is 9. The van der Waals surface area contributed by atoms with Crippen molar-refractivity contribution in [3.8, 4) is 0 Å². The molecule has 34 heavy (non-hydrogen) atoms. The normalized spacial score (nSPS) is 13.4. The minimum Gasteiger partial charge on any atom is -0.463 e. The van der Waals surface area contributed by atoms with Crippen LogP contribution < -0.4 is 10.4 Å². The first kappa shape index (κ1) is 27.6. The topological polar surface area (TPSA) is 78.9 Å². The molecule has 2 aromatic carbocycles. The summed E-state index contributed by atoms with van der Waals surface area (Å²) in [6.07, 6.45) is 0.560. The van der Waals surface area contributed by atoms with Gasteiger partial charge in [-0.3, -0.25) is 0 Å². The van der Waals surface area contributed by atoms with Gasteiger partial charge in [0.15, 0.2) is 5.76 Å². The lowest BCUT2D eigenvalue weighted by Crippen LogP contribution is -2.66. The van der Waals surface area contributed by atoms with Gasteiger partial charge < -0.3 is 13.3 Å². The second-order valence-electron chi connectivity index (χ2n) is 8.30. The summed E-state index contributed by atoms with van der Waals surface area (Å²) in [4.78, 5) is 12.0. The fourth-order valence-corrected chi connectivity index (χ4v) is 8.52.